The summed E-state index contributed by atoms with van der Waals surface area (Å²) in [6.45, 7) is 4.33. The molecule has 2 N–H and O–H groups in total. The van der Waals surface area contributed by atoms with E-state index in [1.54, 1.807) is 0 Å². The molecular weight excluding hydrogens is 162 g/mol. The fraction of sp³-hybridized carbons (Fsp3) is 0.909. The van der Waals surface area contributed by atoms with Crippen molar-refractivity contribution >= 4 is 5.91 Å². The smallest absolute Gasteiger partial charge is 0.223 e. The van der Waals surface area contributed by atoms with E-state index < -0.39 is 0 Å². The number of nitrogens with two attached hydrogens (primary N) is 1. The molecule has 2 nitrogen and oxygen atoms in total. The van der Waals surface area contributed by atoms with Crippen molar-refractivity contribution in [1.29, 1.82) is 0 Å². The molecule has 0 aromatic rings. The van der Waals surface area contributed by atoms with Gasteiger partial charge in [-0.1, -0.05) is 33.1 Å². The van der Waals surface area contributed by atoms with Crippen molar-refractivity contribution < 1.29 is 4.79 Å². The highest BCUT2D eigenvalue weighted by atomic mass is 16.1. The van der Waals surface area contributed by atoms with E-state index in [9.17, 15) is 4.79 Å². The lowest BCUT2D eigenvalue weighted by Crippen LogP contribution is -2.39. The van der Waals surface area contributed by atoms with Crippen molar-refractivity contribution in [1.82, 2.24) is 0 Å². The molecule has 0 spiro atoms. The van der Waals surface area contributed by atoms with E-state index in [2.05, 4.69) is 13.8 Å². The predicted octanol–water partition coefficient (Wildman–Crippen LogP) is 2.47. The van der Waals surface area contributed by atoms with Crippen molar-refractivity contribution in [2.75, 3.05) is 0 Å². The van der Waals surface area contributed by atoms with Crippen molar-refractivity contribution in [3.8, 4) is 0 Å². The number of rotatable bonds is 3. The van der Waals surface area contributed by atoms with Crippen LogP contribution < -0.4 is 5.73 Å². The highest BCUT2D eigenvalue weighted by molar-refractivity contribution is 5.80. The van der Waals surface area contributed by atoms with E-state index >= 15 is 0 Å². The molecule has 13 heavy (non-hydrogen) atoms. The van der Waals surface area contributed by atoms with E-state index in [0.717, 1.165) is 19.3 Å². The lowest BCUT2D eigenvalue weighted by atomic mass is 9.69. The second-order valence-electron chi connectivity index (χ2n) is 4.80. The van der Waals surface area contributed by atoms with Crippen molar-refractivity contribution in [3.63, 3.8) is 0 Å². The maximum Gasteiger partial charge on any atom is 0.223 e. The van der Waals surface area contributed by atoms with E-state index in [-0.39, 0.29) is 11.3 Å². The molecular formula is C11H21NO. The molecule has 1 aliphatic rings. The van der Waals surface area contributed by atoms with Crippen molar-refractivity contribution in [2.24, 2.45) is 17.1 Å². The first-order valence-electron chi connectivity index (χ1n) is 5.37. The van der Waals surface area contributed by atoms with Crippen LogP contribution in [0, 0.1) is 11.3 Å². The Balaban J connectivity index is 2.67. The third-order valence-electron chi connectivity index (χ3n) is 3.13. The zero-order valence-electron chi connectivity index (χ0n) is 8.81. The number of carbonyl (C=O) groups is 1. The number of carbonyl (C=O) groups excluding carboxylic acids is 1. The topological polar surface area (TPSA) is 43.1 Å². The number of primary amides is 1. The summed E-state index contributed by atoms with van der Waals surface area (Å²) in [5, 5.41) is 0. The fourth-order valence-electron chi connectivity index (χ4n) is 2.56. The molecule has 76 valence electrons. The Morgan fingerprint density at radius 2 is 1.85 bits per heavy atom. The second kappa shape index (κ2) is 4.12. The number of hydrogen-bond acceptors (Lipinski definition) is 1. The second-order valence-corrected chi connectivity index (χ2v) is 4.80. The molecule has 1 fully saturated rings. The van der Waals surface area contributed by atoms with Gasteiger partial charge in [-0.25, -0.2) is 0 Å². The minimum absolute atomic E-state index is 0.0686. The van der Waals surface area contributed by atoms with Gasteiger partial charge in [0.05, 0.1) is 0 Å². The van der Waals surface area contributed by atoms with Crippen LogP contribution in [-0.4, -0.2) is 5.91 Å². The van der Waals surface area contributed by atoms with Gasteiger partial charge in [0.25, 0.3) is 0 Å². The Morgan fingerprint density at radius 1 is 1.31 bits per heavy atom. The van der Waals surface area contributed by atoms with Crippen LogP contribution in [0.3, 0.4) is 0 Å². The van der Waals surface area contributed by atoms with Crippen LogP contribution in [0.25, 0.3) is 0 Å². The van der Waals surface area contributed by atoms with Crippen LogP contribution in [0.2, 0.25) is 0 Å². The van der Waals surface area contributed by atoms with Gasteiger partial charge < -0.3 is 5.73 Å². The Hall–Kier alpha value is -0.530. The summed E-state index contributed by atoms with van der Waals surface area (Å²) in [4.78, 5) is 11.4. The molecule has 2 heteroatoms. The quantitative estimate of drug-likeness (QED) is 0.717. The molecule has 0 aliphatic heterocycles. The Kier molecular flexibility index (Phi) is 3.34. The van der Waals surface area contributed by atoms with Crippen LogP contribution in [0.1, 0.15) is 52.4 Å². The Labute approximate surface area is 80.9 Å². The van der Waals surface area contributed by atoms with Crippen LogP contribution >= 0.6 is 0 Å². The molecule has 1 amide bonds. The van der Waals surface area contributed by atoms with Crippen molar-refractivity contribution in [3.05, 3.63) is 0 Å². The van der Waals surface area contributed by atoms with E-state index in [1.807, 2.05) is 0 Å². The van der Waals surface area contributed by atoms with Crippen LogP contribution in [0.5, 0.6) is 0 Å². The number of amides is 1. The van der Waals surface area contributed by atoms with Crippen LogP contribution in [0.15, 0.2) is 0 Å². The number of hydrogen-bond donors (Lipinski definition) is 1. The van der Waals surface area contributed by atoms with Crippen molar-refractivity contribution in [2.45, 2.75) is 52.4 Å². The third-order valence-corrected chi connectivity index (χ3v) is 3.13. The first kappa shape index (κ1) is 10.6. The molecule has 0 saturated heterocycles. The lowest BCUT2D eigenvalue weighted by molar-refractivity contribution is -0.130. The zero-order chi connectivity index (χ0) is 9.90. The van der Waals surface area contributed by atoms with Gasteiger partial charge in [-0.3, -0.25) is 4.79 Å². The molecule has 0 aromatic heterocycles. The highest BCUT2D eigenvalue weighted by Gasteiger charge is 2.37. The summed E-state index contributed by atoms with van der Waals surface area (Å²) in [7, 11) is 0. The molecule has 0 aromatic carbocycles. The van der Waals surface area contributed by atoms with Gasteiger partial charge in [-0.15, -0.1) is 0 Å². The van der Waals surface area contributed by atoms with E-state index in [1.165, 1.54) is 19.3 Å². The fourth-order valence-corrected chi connectivity index (χ4v) is 2.56. The SMILES string of the molecule is CC(C)CC1(C(N)=O)CCCCC1. The molecule has 0 heterocycles. The summed E-state index contributed by atoms with van der Waals surface area (Å²) in [6, 6.07) is 0. The average molecular weight is 183 g/mol. The largest absolute Gasteiger partial charge is 0.369 e. The van der Waals surface area contributed by atoms with Gasteiger partial charge in [0.1, 0.15) is 0 Å². The lowest BCUT2D eigenvalue weighted by Gasteiger charge is -2.35. The van der Waals surface area contributed by atoms with E-state index in [0.29, 0.717) is 5.92 Å². The van der Waals surface area contributed by atoms with Crippen LogP contribution in [-0.2, 0) is 4.79 Å². The minimum atomic E-state index is -0.160. The summed E-state index contributed by atoms with van der Waals surface area (Å²) < 4.78 is 0. The predicted molar refractivity (Wildman–Crippen MR) is 54.2 cm³/mol. The molecule has 0 unspecified atom stereocenters. The molecule has 1 rings (SSSR count). The van der Waals surface area contributed by atoms with Gasteiger partial charge in [0, 0.05) is 5.41 Å². The first-order valence-corrected chi connectivity index (χ1v) is 5.37. The molecule has 1 aliphatic carbocycles. The monoisotopic (exact) mass is 183 g/mol. The third kappa shape index (κ3) is 2.45. The average Bonchev–Trinajstić information content (AvgIpc) is 2.04. The van der Waals surface area contributed by atoms with Gasteiger partial charge in [-0.2, -0.15) is 0 Å². The molecule has 0 atom stereocenters. The van der Waals surface area contributed by atoms with E-state index in [4.69, 9.17) is 5.73 Å². The molecule has 0 radical (unpaired) electrons. The highest BCUT2D eigenvalue weighted by Crippen LogP contribution is 2.41. The summed E-state index contributed by atoms with van der Waals surface area (Å²) in [5.74, 6) is 0.506. The zero-order valence-corrected chi connectivity index (χ0v) is 8.81. The molecule has 1 saturated carbocycles. The Bertz CT molecular complexity index is 181. The van der Waals surface area contributed by atoms with Gasteiger partial charge in [0.2, 0.25) is 5.91 Å². The maximum absolute atomic E-state index is 11.4. The minimum Gasteiger partial charge on any atom is -0.369 e. The van der Waals surface area contributed by atoms with Crippen LogP contribution in [0.4, 0.5) is 0 Å². The normalized spacial score (nSPS) is 21.8. The Morgan fingerprint density at radius 3 is 2.23 bits per heavy atom. The van der Waals surface area contributed by atoms with Gasteiger partial charge >= 0.3 is 0 Å². The standard InChI is InChI=1S/C11H21NO/c1-9(2)8-11(10(12)13)6-4-3-5-7-11/h9H,3-8H2,1-2H3,(H2,12,13). The first-order chi connectivity index (χ1) is 6.07. The summed E-state index contributed by atoms with van der Waals surface area (Å²) >= 11 is 0. The van der Waals surface area contributed by atoms with Gasteiger partial charge in [-0.05, 0) is 25.2 Å². The maximum atomic E-state index is 11.4. The molecule has 0 bridgehead atoms. The summed E-state index contributed by atoms with van der Waals surface area (Å²) in [5.41, 5.74) is 5.35. The van der Waals surface area contributed by atoms with Gasteiger partial charge in [0.15, 0.2) is 0 Å². The summed E-state index contributed by atoms with van der Waals surface area (Å²) in [6.07, 6.45) is 6.63.